The van der Waals surface area contributed by atoms with Gasteiger partial charge >= 0.3 is 0 Å². The molecule has 2 aromatic heterocycles. The minimum Gasteiger partial charge on any atom is -0.377 e. The van der Waals surface area contributed by atoms with Gasteiger partial charge in [-0.15, -0.1) is 15.3 Å². The Bertz CT molecular complexity index is 718. The molecule has 3 rings (SSSR count). The highest BCUT2D eigenvalue weighted by Gasteiger charge is 2.36. The van der Waals surface area contributed by atoms with Gasteiger partial charge in [-0.05, 0) is 6.42 Å². The lowest BCUT2D eigenvalue weighted by Crippen LogP contribution is -2.33. The van der Waals surface area contributed by atoms with Gasteiger partial charge in [0, 0.05) is 39.4 Å². The van der Waals surface area contributed by atoms with Crippen molar-refractivity contribution >= 4 is 28.3 Å². The lowest BCUT2D eigenvalue weighted by Gasteiger charge is -2.12. The van der Waals surface area contributed by atoms with E-state index in [1.807, 2.05) is 0 Å². The third kappa shape index (κ3) is 4.37. The van der Waals surface area contributed by atoms with Crippen molar-refractivity contribution in [1.82, 2.24) is 30.5 Å². The van der Waals surface area contributed by atoms with Crippen LogP contribution in [0.15, 0.2) is 12.4 Å². The molecule has 0 aromatic carbocycles. The summed E-state index contributed by atoms with van der Waals surface area (Å²) < 4.78 is 6.71. The number of hydrogen-bond acceptors (Lipinski definition) is 8. The molecule has 1 fully saturated rings. The van der Waals surface area contributed by atoms with Gasteiger partial charge < -0.3 is 10.1 Å². The van der Waals surface area contributed by atoms with E-state index in [1.54, 1.807) is 24.2 Å². The van der Waals surface area contributed by atoms with E-state index in [9.17, 15) is 9.59 Å². The Kier molecular flexibility index (Phi) is 5.66. The Balaban J connectivity index is 1.46. The molecular formula is C14H19N7O3S. The van der Waals surface area contributed by atoms with Crippen molar-refractivity contribution in [3.8, 4) is 0 Å². The fraction of sp³-hybridized carbons (Fsp3) is 0.571. The number of nitrogens with zero attached hydrogens (tertiary/aromatic N) is 6. The Morgan fingerprint density at radius 1 is 1.48 bits per heavy atom. The second kappa shape index (κ2) is 8.12. The number of hydrogen-bond donors (Lipinski definition) is 1. The molecule has 134 valence electrons. The Hall–Kier alpha value is -2.40. The number of aromatic nitrogens is 5. The first kappa shape index (κ1) is 17.4. The molecule has 10 nitrogen and oxygen atoms in total. The summed E-state index contributed by atoms with van der Waals surface area (Å²) in [5, 5.41) is 19.7. The largest absolute Gasteiger partial charge is 0.377 e. The van der Waals surface area contributed by atoms with Crippen LogP contribution in [0.4, 0.5) is 5.13 Å². The first-order chi connectivity index (χ1) is 12.2. The van der Waals surface area contributed by atoms with Gasteiger partial charge in [-0.3, -0.25) is 19.2 Å². The minimum absolute atomic E-state index is 0.108. The smallest absolute Gasteiger partial charge is 0.229 e. The Morgan fingerprint density at radius 3 is 3.12 bits per heavy atom. The van der Waals surface area contributed by atoms with Crippen molar-refractivity contribution in [2.45, 2.75) is 26.0 Å². The van der Waals surface area contributed by atoms with E-state index < -0.39 is 0 Å². The maximum absolute atomic E-state index is 12.3. The van der Waals surface area contributed by atoms with Gasteiger partial charge in [0.2, 0.25) is 16.9 Å². The summed E-state index contributed by atoms with van der Waals surface area (Å²) in [4.78, 5) is 26.0. The fourth-order valence-corrected chi connectivity index (χ4v) is 3.39. The van der Waals surface area contributed by atoms with Gasteiger partial charge in [0.25, 0.3) is 0 Å². The Labute approximate surface area is 148 Å². The van der Waals surface area contributed by atoms with Crippen LogP contribution in [-0.4, -0.2) is 57.2 Å². The van der Waals surface area contributed by atoms with Crippen LogP contribution in [0, 0.1) is 5.92 Å². The fourth-order valence-electron chi connectivity index (χ4n) is 2.55. The van der Waals surface area contributed by atoms with Crippen molar-refractivity contribution in [1.29, 1.82) is 0 Å². The Morgan fingerprint density at radius 2 is 2.36 bits per heavy atom. The van der Waals surface area contributed by atoms with Crippen LogP contribution in [0.5, 0.6) is 0 Å². The molecule has 0 spiro atoms. The van der Waals surface area contributed by atoms with Crippen molar-refractivity contribution in [2.75, 3.05) is 25.1 Å². The van der Waals surface area contributed by atoms with E-state index >= 15 is 0 Å². The van der Waals surface area contributed by atoms with Gasteiger partial charge in [-0.1, -0.05) is 16.6 Å². The van der Waals surface area contributed by atoms with Gasteiger partial charge in [0.1, 0.15) is 11.6 Å². The summed E-state index contributed by atoms with van der Waals surface area (Å²) in [5.41, 5.74) is 0. The van der Waals surface area contributed by atoms with Gasteiger partial charge in [0.15, 0.2) is 0 Å². The number of rotatable bonds is 8. The molecule has 3 heterocycles. The second-order valence-corrected chi connectivity index (χ2v) is 6.67. The molecule has 11 heteroatoms. The molecule has 0 bridgehead atoms. The molecule has 1 aliphatic rings. The maximum atomic E-state index is 12.3. The lowest BCUT2D eigenvalue weighted by molar-refractivity contribution is -0.126. The van der Waals surface area contributed by atoms with E-state index in [-0.39, 0.29) is 24.2 Å². The highest BCUT2D eigenvalue weighted by molar-refractivity contribution is 7.15. The number of aryl methyl sites for hydroxylation is 1. The molecule has 1 N–H and O–H groups in total. The number of nitrogens with one attached hydrogen (secondary N) is 1. The summed E-state index contributed by atoms with van der Waals surface area (Å²) in [6, 6.07) is 0. The van der Waals surface area contributed by atoms with Crippen LogP contribution in [-0.2, 0) is 27.5 Å². The average molecular weight is 365 g/mol. The molecule has 2 aromatic rings. The molecule has 0 radical (unpaired) electrons. The van der Waals surface area contributed by atoms with E-state index in [0.717, 1.165) is 6.42 Å². The first-order valence-electron chi connectivity index (χ1n) is 7.91. The zero-order chi connectivity index (χ0) is 17.6. The highest BCUT2D eigenvalue weighted by Crippen LogP contribution is 2.28. The van der Waals surface area contributed by atoms with Crippen molar-refractivity contribution in [3.05, 3.63) is 17.4 Å². The summed E-state index contributed by atoms with van der Waals surface area (Å²) >= 11 is 1.30. The molecule has 1 aliphatic heterocycles. The van der Waals surface area contributed by atoms with E-state index in [0.29, 0.717) is 36.4 Å². The predicted octanol–water partition coefficient (Wildman–Crippen LogP) is -0.165. The van der Waals surface area contributed by atoms with Crippen molar-refractivity contribution in [3.63, 3.8) is 0 Å². The predicted molar refractivity (Wildman–Crippen MR) is 88.7 cm³/mol. The standard InChI is InChI=1S/C14H19N7O3S/c1-24-9-11-17-18-14(25-11)21-8-10(7-12(21)22)13(23)15-3-2-5-20-6-4-16-19-20/h4,6,10H,2-3,5,7-9H2,1H3,(H,15,23). The molecule has 1 unspecified atom stereocenters. The molecule has 1 atom stereocenters. The molecule has 2 amide bonds. The number of carbonyl (C=O) groups excluding carboxylic acids is 2. The number of amides is 2. The summed E-state index contributed by atoms with van der Waals surface area (Å²) in [6.45, 7) is 1.90. The zero-order valence-corrected chi connectivity index (χ0v) is 14.6. The third-order valence-corrected chi connectivity index (χ3v) is 4.71. The first-order valence-corrected chi connectivity index (χ1v) is 8.72. The van der Waals surface area contributed by atoms with E-state index in [4.69, 9.17) is 4.74 Å². The number of carbonyl (C=O) groups is 2. The van der Waals surface area contributed by atoms with Crippen LogP contribution in [0.25, 0.3) is 0 Å². The van der Waals surface area contributed by atoms with Gasteiger partial charge in [-0.25, -0.2) is 0 Å². The number of ether oxygens (including phenoxy) is 1. The van der Waals surface area contributed by atoms with Crippen LogP contribution in [0.1, 0.15) is 17.8 Å². The van der Waals surface area contributed by atoms with Crippen LogP contribution >= 0.6 is 11.3 Å². The maximum Gasteiger partial charge on any atom is 0.229 e. The second-order valence-electron chi connectivity index (χ2n) is 5.63. The quantitative estimate of drug-likeness (QED) is 0.646. The normalized spacial score (nSPS) is 17.2. The molecule has 25 heavy (non-hydrogen) atoms. The van der Waals surface area contributed by atoms with E-state index in [2.05, 4.69) is 25.8 Å². The monoisotopic (exact) mass is 365 g/mol. The van der Waals surface area contributed by atoms with Crippen LogP contribution in [0.2, 0.25) is 0 Å². The summed E-state index contributed by atoms with van der Waals surface area (Å²) in [6.07, 6.45) is 4.32. The number of anilines is 1. The number of methoxy groups -OCH3 is 1. The average Bonchev–Trinajstić information content (AvgIpc) is 3.32. The molecule has 0 saturated carbocycles. The minimum atomic E-state index is -0.367. The highest BCUT2D eigenvalue weighted by atomic mass is 32.1. The van der Waals surface area contributed by atoms with Crippen molar-refractivity contribution in [2.24, 2.45) is 5.92 Å². The van der Waals surface area contributed by atoms with Crippen molar-refractivity contribution < 1.29 is 14.3 Å². The SMILES string of the molecule is COCc1nnc(N2CC(C(=O)NCCCn3ccnn3)CC2=O)s1. The molecule has 1 saturated heterocycles. The van der Waals surface area contributed by atoms with E-state index in [1.165, 1.54) is 16.2 Å². The van der Waals surface area contributed by atoms with Gasteiger partial charge in [0.05, 0.1) is 12.1 Å². The van der Waals surface area contributed by atoms with Crippen LogP contribution < -0.4 is 10.2 Å². The summed E-state index contributed by atoms with van der Waals surface area (Å²) in [7, 11) is 1.57. The molecule has 0 aliphatic carbocycles. The molecular weight excluding hydrogens is 346 g/mol. The zero-order valence-electron chi connectivity index (χ0n) is 13.8. The van der Waals surface area contributed by atoms with Crippen LogP contribution in [0.3, 0.4) is 0 Å². The van der Waals surface area contributed by atoms with Gasteiger partial charge in [-0.2, -0.15) is 0 Å². The summed E-state index contributed by atoms with van der Waals surface area (Å²) in [5.74, 6) is -0.590. The third-order valence-electron chi connectivity index (χ3n) is 3.79. The topological polar surface area (TPSA) is 115 Å². The lowest BCUT2D eigenvalue weighted by atomic mass is 10.1.